The van der Waals surface area contributed by atoms with Gasteiger partial charge in [0.25, 0.3) is 0 Å². The van der Waals surface area contributed by atoms with Gasteiger partial charge in [0, 0.05) is 22.3 Å². The Morgan fingerprint density at radius 2 is 2.08 bits per heavy atom. The molecule has 0 bridgehead atoms. The standard InChI is InChI=1S/C10H13N3/c11-4-3-9-6-7-5-8(12)1-2-10(7)13-9/h1-2,5-6,13H,3-4,11-12H2. The van der Waals surface area contributed by atoms with E-state index in [0.29, 0.717) is 6.54 Å². The molecule has 0 aliphatic rings. The van der Waals surface area contributed by atoms with Gasteiger partial charge in [0.15, 0.2) is 0 Å². The fourth-order valence-electron chi connectivity index (χ4n) is 1.50. The average molecular weight is 175 g/mol. The van der Waals surface area contributed by atoms with E-state index >= 15 is 0 Å². The molecule has 0 saturated heterocycles. The first-order chi connectivity index (χ1) is 6.29. The van der Waals surface area contributed by atoms with Crippen molar-refractivity contribution in [3.63, 3.8) is 0 Å². The van der Waals surface area contributed by atoms with Gasteiger partial charge < -0.3 is 16.5 Å². The second-order valence-electron chi connectivity index (χ2n) is 3.18. The van der Waals surface area contributed by atoms with Crippen LogP contribution in [-0.4, -0.2) is 11.5 Å². The minimum absolute atomic E-state index is 0.669. The van der Waals surface area contributed by atoms with Crippen LogP contribution in [-0.2, 0) is 6.42 Å². The van der Waals surface area contributed by atoms with E-state index in [2.05, 4.69) is 11.1 Å². The maximum absolute atomic E-state index is 5.67. The second-order valence-corrected chi connectivity index (χ2v) is 3.18. The summed E-state index contributed by atoms with van der Waals surface area (Å²) >= 11 is 0. The van der Waals surface area contributed by atoms with E-state index in [0.717, 1.165) is 23.0 Å². The van der Waals surface area contributed by atoms with Gasteiger partial charge in [0.05, 0.1) is 0 Å². The number of aromatic amines is 1. The Bertz CT molecular complexity index is 417. The highest BCUT2D eigenvalue weighted by Crippen LogP contribution is 2.18. The number of nitrogens with one attached hydrogen (secondary N) is 1. The Kier molecular flexibility index (Phi) is 1.94. The fourth-order valence-corrected chi connectivity index (χ4v) is 1.50. The number of anilines is 1. The van der Waals surface area contributed by atoms with Crippen molar-refractivity contribution >= 4 is 16.6 Å². The second kappa shape index (κ2) is 3.11. The Balaban J connectivity index is 2.49. The topological polar surface area (TPSA) is 67.8 Å². The molecule has 1 aromatic carbocycles. The highest BCUT2D eigenvalue weighted by molar-refractivity contribution is 5.83. The van der Waals surface area contributed by atoms with Crippen LogP contribution in [0.15, 0.2) is 24.3 Å². The molecule has 1 heterocycles. The molecule has 68 valence electrons. The smallest absolute Gasteiger partial charge is 0.0457 e. The van der Waals surface area contributed by atoms with Crippen LogP contribution in [0.4, 0.5) is 5.69 Å². The molecule has 2 rings (SSSR count). The summed E-state index contributed by atoms with van der Waals surface area (Å²) in [7, 11) is 0. The molecule has 0 fully saturated rings. The number of nitrogens with two attached hydrogens (primary N) is 2. The number of hydrogen-bond donors (Lipinski definition) is 3. The third-order valence-corrected chi connectivity index (χ3v) is 2.11. The van der Waals surface area contributed by atoms with E-state index in [-0.39, 0.29) is 0 Å². The van der Waals surface area contributed by atoms with Crippen LogP contribution < -0.4 is 11.5 Å². The molecule has 0 spiro atoms. The molecule has 1 aromatic heterocycles. The third kappa shape index (κ3) is 1.51. The van der Waals surface area contributed by atoms with E-state index in [1.54, 1.807) is 0 Å². The molecule has 3 heteroatoms. The normalized spacial score (nSPS) is 10.8. The van der Waals surface area contributed by atoms with Gasteiger partial charge in [0.1, 0.15) is 0 Å². The number of aromatic nitrogens is 1. The van der Waals surface area contributed by atoms with Crippen molar-refractivity contribution in [1.82, 2.24) is 4.98 Å². The van der Waals surface area contributed by atoms with Crippen LogP contribution in [0.1, 0.15) is 5.69 Å². The predicted molar refractivity (Wildman–Crippen MR) is 55.5 cm³/mol. The van der Waals surface area contributed by atoms with Crippen LogP contribution in [0.25, 0.3) is 10.9 Å². The van der Waals surface area contributed by atoms with E-state index < -0.39 is 0 Å². The Labute approximate surface area is 76.7 Å². The molecule has 0 radical (unpaired) electrons. The summed E-state index contributed by atoms with van der Waals surface area (Å²) in [5, 5.41) is 1.16. The SMILES string of the molecule is NCCc1cc2cc(N)ccc2[nH]1. The van der Waals surface area contributed by atoms with Gasteiger partial charge in [-0.3, -0.25) is 0 Å². The number of H-pyrrole nitrogens is 1. The highest BCUT2D eigenvalue weighted by atomic mass is 14.7. The van der Waals surface area contributed by atoms with Crippen LogP contribution in [0.2, 0.25) is 0 Å². The van der Waals surface area contributed by atoms with Gasteiger partial charge in [-0.25, -0.2) is 0 Å². The molecule has 0 amide bonds. The summed E-state index contributed by atoms with van der Waals surface area (Å²) < 4.78 is 0. The molecule has 2 aromatic rings. The zero-order chi connectivity index (χ0) is 9.26. The number of nitrogen functional groups attached to an aromatic ring is 1. The predicted octanol–water partition coefficient (Wildman–Crippen LogP) is 1.25. The first-order valence-corrected chi connectivity index (χ1v) is 4.37. The lowest BCUT2D eigenvalue weighted by molar-refractivity contribution is 0.940. The molecular weight excluding hydrogens is 162 g/mol. The van der Waals surface area contributed by atoms with Crippen molar-refractivity contribution in [2.45, 2.75) is 6.42 Å². The largest absolute Gasteiger partial charge is 0.399 e. The van der Waals surface area contributed by atoms with Crippen molar-refractivity contribution < 1.29 is 0 Å². The molecule has 0 aliphatic heterocycles. The van der Waals surface area contributed by atoms with Crippen molar-refractivity contribution in [2.75, 3.05) is 12.3 Å². The van der Waals surface area contributed by atoms with Crippen LogP contribution in [0.5, 0.6) is 0 Å². The summed E-state index contributed by atoms with van der Waals surface area (Å²) in [6.07, 6.45) is 0.884. The lowest BCUT2D eigenvalue weighted by atomic mass is 10.2. The van der Waals surface area contributed by atoms with Crippen molar-refractivity contribution in [1.29, 1.82) is 0 Å². The van der Waals surface area contributed by atoms with Gasteiger partial charge in [-0.15, -0.1) is 0 Å². The maximum Gasteiger partial charge on any atom is 0.0457 e. The first kappa shape index (κ1) is 8.13. The zero-order valence-electron chi connectivity index (χ0n) is 7.38. The zero-order valence-corrected chi connectivity index (χ0v) is 7.38. The summed E-state index contributed by atoms with van der Waals surface area (Å²) in [6, 6.07) is 7.94. The summed E-state index contributed by atoms with van der Waals surface area (Å²) in [5.41, 5.74) is 14.2. The van der Waals surface area contributed by atoms with Crippen molar-refractivity contribution in [3.8, 4) is 0 Å². The molecule has 0 aliphatic carbocycles. The van der Waals surface area contributed by atoms with Crippen LogP contribution >= 0.6 is 0 Å². The number of rotatable bonds is 2. The molecular formula is C10H13N3. The van der Waals surface area contributed by atoms with Gasteiger partial charge in [-0.05, 0) is 37.2 Å². The Morgan fingerprint density at radius 1 is 1.23 bits per heavy atom. The molecule has 0 unspecified atom stereocenters. The van der Waals surface area contributed by atoms with E-state index in [1.807, 2.05) is 18.2 Å². The van der Waals surface area contributed by atoms with Gasteiger partial charge >= 0.3 is 0 Å². The van der Waals surface area contributed by atoms with Crippen LogP contribution in [0, 0.1) is 0 Å². The number of benzene rings is 1. The minimum atomic E-state index is 0.669. The minimum Gasteiger partial charge on any atom is -0.399 e. The van der Waals surface area contributed by atoms with E-state index in [4.69, 9.17) is 11.5 Å². The highest BCUT2D eigenvalue weighted by Gasteiger charge is 1.99. The summed E-state index contributed by atoms with van der Waals surface area (Å²) in [4.78, 5) is 3.29. The van der Waals surface area contributed by atoms with Gasteiger partial charge in [-0.1, -0.05) is 0 Å². The van der Waals surface area contributed by atoms with Crippen LogP contribution in [0.3, 0.4) is 0 Å². The van der Waals surface area contributed by atoms with E-state index in [9.17, 15) is 0 Å². The third-order valence-electron chi connectivity index (χ3n) is 2.11. The Hall–Kier alpha value is -1.48. The summed E-state index contributed by atoms with van der Waals surface area (Å²) in [5.74, 6) is 0. The molecule has 0 saturated carbocycles. The average Bonchev–Trinajstić information content (AvgIpc) is 2.46. The van der Waals surface area contributed by atoms with Gasteiger partial charge in [0.2, 0.25) is 0 Å². The molecule has 13 heavy (non-hydrogen) atoms. The maximum atomic E-state index is 5.67. The first-order valence-electron chi connectivity index (χ1n) is 4.37. The van der Waals surface area contributed by atoms with E-state index in [1.165, 1.54) is 5.69 Å². The number of fused-ring (bicyclic) bond motifs is 1. The fraction of sp³-hybridized carbons (Fsp3) is 0.200. The Morgan fingerprint density at radius 3 is 2.85 bits per heavy atom. The monoisotopic (exact) mass is 175 g/mol. The lowest BCUT2D eigenvalue weighted by Gasteiger charge is -1.91. The van der Waals surface area contributed by atoms with Crippen molar-refractivity contribution in [3.05, 3.63) is 30.0 Å². The molecule has 0 atom stereocenters. The quantitative estimate of drug-likeness (QED) is 0.601. The van der Waals surface area contributed by atoms with Gasteiger partial charge in [-0.2, -0.15) is 0 Å². The summed E-state index contributed by atoms with van der Waals surface area (Å²) in [6.45, 7) is 0.669. The van der Waals surface area contributed by atoms with Crippen molar-refractivity contribution in [2.24, 2.45) is 5.73 Å². The number of hydrogen-bond acceptors (Lipinski definition) is 2. The lowest BCUT2D eigenvalue weighted by Crippen LogP contribution is -2.02. The molecule has 5 N–H and O–H groups in total. The molecule has 3 nitrogen and oxygen atoms in total.